The topological polar surface area (TPSA) is 52.6 Å². The number of rotatable bonds is 1. The van der Waals surface area contributed by atoms with E-state index in [1.54, 1.807) is 30.1 Å². The van der Waals surface area contributed by atoms with Gasteiger partial charge in [0.1, 0.15) is 5.75 Å². The van der Waals surface area contributed by atoms with Crippen LogP contribution in [0.2, 0.25) is 0 Å². The first-order chi connectivity index (χ1) is 7.16. The Hall–Kier alpha value is -1.71. The highest BCUT2D eigenvalue weighted by atomic mass is 16.3. The molecule has 4 nitrogen and oxygen atoms in total. The molecular weight excluding hydrogens is 192 g/mol. The summed E-state index contributed by atoms with van der Waals surface area (Å²) in [6.07, 6.45) is 0.867. The van der Waals surface area contributed by atoms with Crippen LogP contribution in [0.25, 0.3) is 0 Å². The van der Waals surface area contributed by atoms with Crippen LogP contribution in [0.1, 0.15) is 18.0 Å². The molecule has 15 heavy (non-hydrogen) atoms. The van der Waals surface area contributed by atoms with E-state index < -0.39 is 0 Å². The van der Waals surface area contributed by atoms with Crippen molar-refractivity contribution in [1.82, 2.24) is 10.2 Å². The molecule has 1 aromatic rings. The number of aromatic hydroxyl groups is 1. The molecule has 0 aliphatic carbocycles. The lowest BCUT2D eigenvalue weighted by atomic mass is 10.0. The number of amides is 2. The summed E-state index contributed by atoms with van der Waals surface area (Å²) in [7, 11) is 1.77. The third kappa shape index (κ3) is 2.03. The fourth-order valence-corrected chi connectivity index (χ4v) is 1.75. The largest absolute Gasteiger partial charge is 0.508 e. The summed E-state index contributed by atoms with van der Waals surface area (Å²) in [6.45, 7) is 0.742. The maximum absolute atomic E-state index is 11.4. The Balaban J connectivity index is 2.15. The van der Waals surface area contributed by atoms with E-state index in [4.69, 9.17) is 0 Å². The molecule has 0 spiro atoms. The molecule has 0 radical (unpaired) electrons. The molecule has 2 N–H and O–H groups in total. The summed E-state index contributed by atoms with van der Waals surface area (Å²) in [5.74, 6) is 0.237. The van der Waals surface area contributed by atoms with Crippen molar-refractivity contribution >= 4 is 6.03 Å². The summed E-state index contributed by atoms with van der Waals surface area (Å²) >= 11 is 0. The van der Waals surface area contributed by atoms with Gasteiger partial charge in [-0.05, 0) is 24.1 Å². The molecule has 4 heteroatoms. The van der Waals surface area contributed by atoms with Crippen LogP contribution in [0.5, 0.6) is 5.75 Å². The minimum atomic E-state index is -0.0606. The zero-order valence-corrected chi connectivity index (χ0v) is 8.60. The van der Waals surface area contributed by atoms with Gasteiger partial charge in [-0.3, -0.25) is 0 Å². The molecule has 80 valence electrons. The van der Waals surface area contributed by atoms with E-state index >= 15 is 0 Å². The average Bonchev–Trinajstić information content (AvgIpc) is 2.22. The normalized spacial score (nSPS) is 21.3. The van der Waals surface area contributed by atoms with E-state index in [9.17, 15) is 9.90 Å². The van der Waals surface area contributed by atoms with Crippen LogP contribution in [0.4, 0.5) is 4.79 Å². The Kier molecular flexibility index (Phi) is 2.49. The van der Waals surface area contributed by atoms with Gasteiger partial charge in [0.15, 0.2) is 0 Å². The molecule has 0 aromatic heterocycles. The van der Waals surface area contributed by atoms with Gasteiger partial charge in [0, 0.05) is 13.6 Å². The van der Waals surface area contributed by atoms with Crippen molar-refractivity contribution in [3.05, 3.63) is 29.8 Å². The van der Waals surface area contributed by atoms with Crippen LogP contribution in [0.15, 0.2) is 24.3 Å². The standard InChI is InChI=1S/C11H14N2O2/c1-13-6-5-10(12-11(13)15)8-3-2-4-9(14)7-8/h2-4,7,10,14H,5-6H2,1H3,(H,12,15). The number of hydrogen-bond acceptors (Lipinski definition) is 2. The smallest absolute Gasteiger partial charge is 0.317 e. The highest BCUT2D eigenvalue weighted by Crippen LogP contribution is 2.23. The number of carbonyl (C=O) groups is 1. The lowest BCUT2D eigenvalue weighted by Crippen LogP contribution is -2.45. The SMILES string of the molecule is CN1CCC(c2cccc(O)c2)NC1=O. The molecule has 0 saturated carbocycles. The Bertz CT molecular complexity index is 379. The predicted octanol–water partition coefficient (Wildman–Crippen LogP) is 1.48. The van der Waals surface area contributed by atoms with Crippen LogP contribution >= 0.6 is 0 Å². The monoisotopic (exact) mass is 206 g/mol. The van der Waals surface area contributed by atoms with Crippen molar-refractivity contribution in [2.24, 2.45) is 0 Å². The van der Waals surface area contributed by atoms with Crippen LogP contribution < -0.4 is 5.32 Å². The van der Waals surface area contributed by atoms with E-state index in [1.807, 2.05) is 6.07 Å². The second-order valence-electron chi connectivity index (χ2n) is 3.81. The molecule has 0 bridgehead atoms. The van der Waals surface area contributed by atoms with E-state index in [-0.39, 0.29) is 17.8 Å². The highest BCUT2D eigenvalue weighted by molar-refractivity contribution is 5.75. The van der Waals surface area contributed by atoms with Crippen molar-refractivity contribution in [3.8, 4) is 5.75 Å². The highest BCUT2D eigenvalue weighted by Gasteiger charge is 2.23. The molecule has 2 amide bonds. The number of nitrogens with one attached hydrogen (secondary N) is 1. The van der Waals surface area contributed by atoms with Crippen molar-refractivity contribution in [2.45, 2.75) is 12.5 Å². The Morgan fingerprint density at radius 3 is 3.00 bits per heavy atom. The van der Waals surface area contributed by atoms with Crippen LogP contribution in [-0.2, 0) is 0 Å². The number of benzene rings is 1. The van der Waals surface area contributed by atoms with Gasteiger partial charge in [-0.15, -0.1) is 0 Å². The quantitative estimate of drug-likeness (QED) is 0.731. The lowest BCUT2D eigenvalue weighted by Gasteiger charge is -2.30. The van der Waals surface area contributed by atoms with Crippen LogP contribution in [0, 0.1) is 0 Å². The first-order valence-electron chi connectivity index (χ1n) is 4.97. The van der Waals surface area contributed by atoms with Gasteiger partial charge in [-0.1, -0.05) is 12.1 Å². The molecule has 1 atom stereocenters. The van der Waals surface area contributed by atoms with Crippen LogP contribution in [0.3, 0.4) is 0 Å². The van der Waals surface area contributed by atoms with E-state index in [1.165, 1.54) is 0 Å². The number of nitrogens with zero attached hydrogens (tertiary/aromatic N) is 1. The maximum atomic E-state index is 11.4. The van der Waals surface area contributed by atoms with Crippen LogP contribution in [-0.4, -0.2) is 29.6 Å². The third-order valence-corrected chi connectivity index (χ3v) is 2.67. The minimum Gasteiger partial charge on any atom is -0.508 e. The van der Waals surface area contributed by atoms with Gasteiger partial charge in [0.25, 0.3) is 0 Å². The van der Waals surface area contributed by atoms with Gasteiger partial charge in [0.05, 0.1) is 6.04 Å². The molecule has 1 fully saturated rings. The predicted molar refractivity (Wildman–Crippen MR) is 56.6 cm³/mol. The molecular formula is C11H14N2O2. The Morgan fingerprint density at radius 2 is 2.33 bits per heavy atom. The molecule has 1 aromatic carbocycles. The van der Waals surface area contributed by atoms with Gasteiger partial charge in [-0.25, -0.2) is 4.79 Å². The summed E-state index contributed by atoms with van der Waals surface area (Å²) < 4.78 is 0. The number of urea groups is 1. The van der Waals surface area contributed by atoms with Crippen molar-refractivity contribution in [2.75, 3.05) is 13.6 Å². The van der Waals surface area contributed by atoms with Gasteiger partial charge in [0.2, 0.25) is 0 Å². The average molecular weight is 206 g/mol. The summed E-state index contributed by atoms with van der Waals surface area (Å²) in [5, 5.41) is 12.2. The van der Waals surface area contributed by atoms with Crippen molar-refractivity contribution in [1.29, 1.82) is 0 Å². The fraction of sp³-hybridized carbons (Fsp3) is 0.364. The van der Waals surface area contributed by atoms with Gasteiger partial charge >= 0.3 is 6.03 Å². The lowest BCUT2D eigenvalue weighted by molar-refractivity contribution is 0.187. The third-order valence-electron chi connectivity index (χ3n) is 2.67. The molecule has 2 rings (SSSR count). The zero-order valence-electron chi connectivity index (χ0n) is 8.60. The maximum Gasteiger partial charge on any atom is 0.317 e. The Labute approximate surface area is 88.5 Å². The van der Waals surface area contributed by atoms with Crippen molar-refractivity contribution < 1.29 is 9.90 Å². The summed E-state index contributed by atoms with van der Waals surface area (Å²) in [4.78, 5) is 13.1. The molecule has 1 saturated heterocycles. The van der Waals surface area contributed by atoms with Gasteiger partial charge in [-0.2, -0.15) is 0 Å². The fourth-order valence-electron chi connectivity index (χ4n) is 1.75. The summed E-state index contributed by atoms with van der Waals surface area (Å²) in [6, 6.07) is 6.97. The minimum absolute atomic E-state index is 0.0146. The van der Waals surface area contributed by atoms with E-state index in [2.05, 4.69) is 5.32 Å². The number of carbonyl (C=O) groups excluding carboxylic acids is 1. The first-order valence-corrected chi connectivity index (χ1v) is 4.97. The Morgan fingerprint density at radius 1 is 1.53 bits per heavy atom. The van der Waals surface area contributed by atoms with Gasteiger partial charge < -0.3 is 15.3 Å². The number of hydrogen-bond donors (Lipinski definition) is 2. The molecule has 1 heterocycles. The molecule has 1 aliphatic rings. The zero-order chi connectivity index (χ0) is 10.8. The first kappa shape index (κ1) is 9.83. The number of phenolic OH excluding ortho intramolecular Hbond substituents is 1. The number of phenols is 1. The summed E-state index contributed by atoms with van der Waals surface area (Å²) in [5.41, 5.74) is 0.955. The second kappa shape index (κ2) is 3.81. The molecule has 1 unspecified atom stereocenters. The van der Waals surface area contributed by atoms with Crippen molar-refractivity contribution in [3.63, 3.8) is 0 Å². The second-order valence-corrected chi connectivity index (χ2v) is 3.81. The van der Waals surface area contributed by atoms with E-state index in [0.717, 1.165) is 18.5 Å². The molecule has 1 aliphatic heterocycles. The van der Waals surface area contributed by atoms with E-state index in [0.29, 0.717) is 0 Å².